The molecule has 1 aromatic carbocycles. The van der Waals surface area contributed by atoms with E-state index in [1.54, 1.807) is 4.90 Å². The van der Waals surface area contributed by atoms with Gasteiger partial charge < -0.3 is 15.5 Å². The average Bonchev–Trinajstić information content (AvgIpc) is 2.30. The number of carbonyl (C=O) groups is 1. The van der Waals surface area contributed by atoms with Gasteiger partial charge in [-0.2, -0.15) is 0 Å². The topological polar surface area (TPSA) is 49.6 Å². The van der Waals surface area contributed by atoms with Crippen LogP contribution in [0.4, 0.5) is 14.5 Å². The van der Waals surface area contributed by atoms with Crippen LogP contribution in [-0.4, -0.2) is 44.0 Å². The Hall–Kier alpha value is -1.69. The number of nitrogens with zero attached hydrogens (tertiary/aromatic N) is 2. The van der Waals surface area contributed by atoms with Gasteiger partial charge in [-0.1, -0.05) is 0 Å². The molecule has 0 spiro atoms. The van der Waals surface area contributed by atoms with E-state index in [0.29, 0.717) is 13.1 Å². The van der Waals surface area contributed by atoms with Crippen LogP contribution < -0.4 is 10.6 Å². The van der Waals surface area contributed by atoms with Crippen LogP contribution in [0, 0.1) is 11.6 Å². The van der Waals surface area contributed by atoms with Gasteiger partial charge in [-0.25, -0.2) is 8.78 Å². The number of likely N-dealkylation sites (N-methyl/N-ethyl adjacent to an activating group) is 1. The number of hydrogen-bond acceptors (Lipinski definition) is 3. The smallest absolute Gasteiger partial charge is 0.248 e. The minimum atomic E-state index is -0.835. The van der Waals surface area contributed by atoms with E-state index in [4.69, 9.17) is 5.73 Å². The lowest BCUT2D eigenvalue weighted by Gasteiger charge is -2.34. The number of hydrogen-bond donors (Lipinski definition) is 1. The van der Waals surface area contributed by atoms with E-state index in [0.717, 1.165) is 25.2 Å². The van der Waals surface area contributed by atoms with Crippen LogP contribution >= 0.6 is 0 Å². The van der Waals surface area contributed by atoms with Gasteiger partial charge in [0, 0.05) is 31.7 Å². The van der Waals surface area contributed by atoms with E-state index in [9.17, 15) is 13.6 Å². The van der Waals surface area contributed by atoms with E-state index < -0.39 is 17.5 Å². The summed E-state index contributed by atoms with van der Waals surface area (Å²) in [7, 11) is 1.96. The highest BCUT2D eigenvalue weighted by Crippen LogP contribution is 2.25. The second kappa shape index (κ2) is 4.89. The van der Waals surface area contributed by atoms with Crippen molar-refractivity contribution in [2.24, 2.45) is 5.73 Å². The molecule has 1 saturated heterocycles. The Labute approximate surface area is 104 Å². The second-order valence-corrected chi connectivity index (χ2v) is 4.44. The number of rotatable bonds is 2. The number of primary amides is 1. The first-order valence-electron chi connectivity index (χ1n) is 5.71. The average molecular weight is 255 g/mol. The molecule has 4 nitrogen and oxygen atoms in total. The minimum absolute atomic E-state index is 0.0758. The number of anilines is 1. The number of nitrogens with two attached hydrogens (primary N) is 1. The molecule has 1 fully saturated rings. The zero-order valence-corrected chi connectivity index (χ0v) is 10.1. The van der Waals surface area contributed by atoms with Crippen molar-refractivity contribution in [1.82, 2.24) is 4.90 Å². The monoisotopic (exact) mass is 255 g/mol. The maximum Gasteiger partial charge on any atom is 0.248 e. The predicted octanol–water partition coefficient (Wildman–Crippen LogP) is 0.816. The summed E-state index contributed by atoms with van der Waals surface area (Å²) in [6, 6.07) is 1.97. The summed E-state index contributed by atoms with van der Waals surface area (Å²) < 4.78 is 27.7. The molecule has 1 aliphatic rings. The number of piperazine rings is 1. The molecular formula is C12H15F2N3O. The molecule has 1 aliphatic heterocycles. The van der Waals surface area contributed by atoms with Gasteiger partial charge in [0.25, 0.3) is 0 Å². The summed E-state index contributed by atoms with van der Waals surface area (Å²) in [5.74, 6) is -2.32. The largest absolute Gasteiger partial charge is 0.366 e. The SMILES string of the molecule is CN1CCN(c2c(F)cc(C(N)=O)cc2F)CC1. The van der Waals surface area contributed by atoms with Crippen LogP contribution in [0.25, 0.3) is 0 Å². The Kier molecular flexibility index (Phi) is 3.47. The highest BCUT2D eigenvalue weighted by Gasteiger charge is 2.22. The van der Waals surface area contributed by atoms with Crippen molar-refractivity contribution in [1.29, 1.82) is 0 Å². The lowest BCUT2D eigenvalue weighted by molar-refractivity contribution is 0.0999. The first-order valence-corrected chi connectivity index (χ1v) is 5.71. The molecule has 2 rings (SSSR count). The van der Waals surface area contributed by atoms with E-state index >= 15 is 0 Å². The standard InChI is InChI=1S/C12H15F2N3O/c1-16-2-4-17(5-3-16)11-9(13)6-8(12(15)18)7-10(11)14/h6-7H,2-5H2,1H3,(H2,15,18). The fourth-order valence-electron chi connectivity index (χ4n) is 2.04. The summed E-state index contributed by atoms with van der Waals surface area (Å²) in [4.78, 5) is 14.6. The molecule has 98 valence electrons. The minimum Gasteiger partial charge on any atom is -0.366 e. The third-order valence-electron chi connectivity index (χ3n) is 3.12. The normalized spacial score (nSPS) is 16.9. The quantitative estimate of drug-likeness (QED) is 0.851. The molecule has 1 amide bonds. The van der Waals surface area contributed by atoms with Crippen molar-refractivity contribution in [2.75, 3.05) is 38.1 Å². The van der Waals surface area contributed by atoms with Gasteiger partial charge in [0.15, 0.2) is 0 Å². The maximum absolute atomic E-state index is 13.8. The number of carbonyl (C=O) groups excluding carboxylic acids is 1. The third-order valence-corrected chi connectivity index (χ3v) is 3.12. The van der Waals surface area contributed by atoms with Crippen molar-refractivity contribution in [3.8, 4) is 0 Å². The molecule has 0 saturated carbocycles. The van der Waals surface area contributed by atoms with Crippen molar-refractivity contribution in [3.05, 3.63) is 29.3 Å². The third kappa shape index (κ3) is 2.43. The Balaban J connectivity index is 2.31. The number of halogens is 2. The molecular weight excluding hydrogens is 240 g/mol. The Morgan fingerprint density at radius 3 is 2.11 bits per heavy atom. The van der Waals surface area contributed by atoms with Crippen molar-refractivity contribution in [2.45, 2.75) is 0 Å². The van der Waals surface area contributed by atoms with Gasteiger partial charge in [-0.15, -0.1) is 0 Å². The van der Waals surface area contributed by atoms with Gasteiger partial charge >= 0.3 is 0 Å². The van der Waals surface area contributed by atoms with E-state index in [1.165, 1.54) is 0 Å². The molecule has 0 bridgehead atoms. The lowest BCUT2D eigenvalue weighted by atomic mass is 10.1. The van der Waals surface area contributed by atoms with Gasteiger partial charge in [0.1, 0.15) is 17.3 Å². The molecule has 0 aromatic heterocycles. The zero-order chi connectivity index (χ0) is 13.3. The van der Waals surface area contributed by atoms with Crippen molar-refractivity contribution in [3.63, 3.8) is 0 Å². The molecule has 0 unspecified atom stereocenters. The van der Waals surface area contributed by atoms with Gasteiger partial charge in [0.2, 0.25) is 5.91 Å². The molecule has 6 heteroatoms. The van der Waals surface area contributed by atoms with Crippen LogP contribution in [-0.2, 0) is 0 Å². The summed E-state index contributed by atoms with van der Waals surface area (Å²) in [5.41, 5.74) is 4.78. The highest BCUT2D eigenvalue weighted by molar-refractivity contribution is 5.93. The van der Waals surface area contributed by atoms with Crippen molar-refractivity contribution < 1.29 is 13.6 Å². The molecule has 18 heavy (non-hydrogen) atoms. The maximum atomic E-state index is 13.8. The zero-order valence-electron chi connectivity index (χ0n) is 10.1. The van der Waals surface area contributed by atoms with Crippen LogP contribution in [0.1, 0.15) is 10.4 Å². The number of amides is 1. The second-order valence-electron chi connectivity index (χ2n) is 4.44. The molecule has 1 aromatic rings. The Morgan fingerprint density at radius 1 is 1.17 bits per heavy atom. The van der Waals surface area contributed by atoms with Crippen LogP contribution in [0.15, 0.2) is 12.1 Å². The fourth-order valence-corrected chi connectivity index (χ4v) is 2.04. The van der Waals surface area contributed by atoms with Crippen molar-refractivity contribution >= 4 is 11.6 Å². The number of benzene rings is 1. The van der Waals surface area contributed by atoms with Gasteiger partial charge in [-0.05, 0) is 19.2 Å². The van der Waals surface area contributed by atoms with Gasteiger partial charge in [0.05, 0.1) is 0 Å². The summed E-state index contributed by atoms with van der Waals surface area (Å²) in [5, 5.41) is 0. The lowest BCUT2D eigenvalue weighted by Crippen LogP contribution is -2.45. The molecule has 1 heterocycles. The predicted molar refractivity (Wildman–Crippen MR) is 64.6 cm³/mol. The fraction of sp³-hybridized carbons (Fsp3) is 0.417. The summed E-state index contributed by atoms with van der Waals surface area (Å²) in [6.45, 7) is 2.60. The van der Waals surface area contributed by atoms with Crippen LogP contribution in [0.3, 0.4) is 0 Å². The van der Waals surface area contributed by atoms with E-state index in [-0.39, 0.29) is 11.3 Å². The molecule has 2 N–H and O–H groups in total. The van der Waals surface area contributed by atoms with Crippen LogP contribution in [0.2, 0.25) is 0 Å². The van der Waals surface area contributed by atoms with Crippen LogP contribution in [0.5, 0.6) is 0 Å². The summed E-state index contributed by atoms with van der Waals surface area (Å²) in [6.07, 6.45) is 0. The Bertz CT molecular complexity index is 447. The first kappa shape index (κ1) is 12.8. The van der Waals surface area contributed by atoms with E-state index in [2.05, 4.69) is 4.90 Å². The molecule has 0 radical (unpaired) electrons. The Morgan fingerprint density at radius 2 is 1.67 bits per heavy atom. The van der Waals surface area contributed by atoms with E-state index in [1.807, 2.05) is 7.05 Å². The first-order chi connectivity index (χ1) is 8.49. The molecule has 0 atom stereocenters. The summed E-state index contributed by atoms with van der Waals surface area (Å²) >= 11 is 0. The molecule has 0 aliphatic carbocycles. The van der Waals surface area contributed by atoms with Gasteiger partial charge in [-0.3, -0.25) is 4.79 Å². The highest BCUT2D eigenvalue weighted by atomic mass is 19.1.